The molecule has 0 fully saturated rings. The Labute approximate surface area is 174 Å². The molecule has 0 saturated heterocycles. The minimum Gasteiger partial charge on any atom is -0.330 e. The van der Waals surface area contributed by atoms with E-state index in [0.29, 0.717) is 24.1 Å². The van der Waals surface area contributed by atoms with Crippen molar-refractivity contribution in [2.24, 2.45) is 7.05 Å². The van der Waals surface area contributed by atoms with Gasteiger partial charge >= 0.3 is 0 Å². The van der Waals surface area contributed by atoms with Gasteiger partial charge in [-0.2, -0.15) is 5.10 Å². The molecule has 0 spiro atoms. The molecule has 5 rings (SSSR count). The minimum atomic E-state index is -0.163. The Morgan fingerprint density at radius 1 is 1.28 bits per heavy atom. The van der Waals surface area contributed by atoms with Crippen molar-refractivity contribution in [3.8, 4) is 0 Å². The third-order valence-corrected chi connectivity index (χ3v) is 7.30. The average molecular weight is 426 g/mol. The third-order valence-electron chi connectivity index (χ3n) is 5.38. The maximum Gasteiger partial charge on any atom is 0.264 e. The number of rotatable bonds is 4. The molecule has 4 aromatic rings. The zero-order chi connectivity index (χ0) is 20.0. The van der Waals surface area contributed by atoms with Crippen molar-refractivity contribution in [3.63, 3.8) is 0 Å². The highest BCUT2D eigenvalue weighted by molar-refractivity contribution is 7.10. The number of carbonyl (C=O) groups excluding carboxylic acids is 1. The Bertz CT molecular complexity index is 1240. The van der Waals surface area contributed by atoms with Crippen LogP contribution in [0.15, 0.2) is 46.3 Å². The van der Waals surface area contributed by atoms with Crippen LogP contribution in [0.5, 0.6) is 0 Å². The number of amides is 1. The molecule has 1 atom stereocenters. The number of hydrogen-bond acceptors (Lipinski definition) is 6. The molecule has 0 N–H and O–H groups in total. The average Bonchev–Trinajstić information content (AvgIpc) is 3.48. The maximum absolute atomic E-state index is 13.2. The van der Waals surface area contributed by atoms with Crippen molar-refractivity contribution in [1.29, 1.82) is 0 Å². The first-order valence-electron chi connectivity index (χ1n) is 9.40. The standard InChI is InChI=1S/C20H19N5O2S2/c1-23-19-14(11-22-23)20(27)24(12-21-19)7-5-17(26)25-8-4-15-13(6-10-29-15)18(25)16-3-2-9-28-16/h2-3,6,9-12,18H,4-5,7-8H2,1H3/t18-/m1/s1. The van der Waals surface area contributed by atoms with E-state index in [-0.39, 0.29) is 23.9 Å². The molecule has 9 heteroatoms. The first-order valence-corrected chi connectivity index (χ1v) is 11.2. The van der Waals surface area contributed by atoms with E-state index in [4.69, 9.17) is 0 Å². The van der Waals surface area contributed by atoms with Gasteiger partial charge in [0.05, 0.1) is 18.6 Å². The van der Waals surface area contributed by atoms with Crippen LogP contribution in [0.2, 0.25) is 0 Å². The lowest BCUT2D eigenvalue weighted by Gasteiger charge is -2.35. The Balaban J connectivity index is 1.39. The van der Waals surface area contributed by atoms with E-state index >= 15 is 0 Å². The van der Waals surface area contributed by atoms with Gasteiger partial charge in [-0.05, 0) is 34.9 Å². The van der Waals surface area contributed by atoms with E-state index in [2.05, 4.69) is 27.6 Å². The van der Waals surface area contributed by atoms with E-state index in [0.717, 1.165) is 6.42 Å². The Morgan fingerprint density at radius 3 is 3.00 bits per heavy atom. The van der Waals surface area contributed by atoms with Crippen LogP contribution in [0, 0.1) is 0 Å². The summed E-state index contributed by atoms with van der Waals surface area (Å²) in [6, 6.07) is 6.22. The number of aromatic nitrogens is 4. The van der Waals surface area contributed by atoms with Crippen molar-refractivity contribution >= 4 is 39.6 Å². The zero-order valence-electron chi connectivity index (χ0n) is 15.8. The van der Waals surface area contributed by atoms with Crippen LogP contribution in [-0.4, -0.2) is 36.7 Å². The van der Waals surface area contributed by atoms with Crippen LogP contribution >= 0.6 is 22.7 Å². The van der Waals surface area contributed by atoms with Gasteiger partial charge in [0.15, 0.2) is 5.65 Å². The molecule has 0 aromatic carbocycles. The number of fused-ring (bicyclic) bond motifs is 2. The number of aryl methyl sites for hydroxylation is 2. The Hall–Kier alpha value is -2.78. The monoisotopic (exact) mass is 425 g/mol. The molecule has 0 bridgehead atoms. The summed E-state index contributed by atoms with van der Waals surface area (Å²) < 4.78 is 3.08. The van der Waals surface area contributed by atoms with E-state index in [1.807, 2.05) is 16.3 Å². The predicted molar refractivity (Wildman–Crippen MR) is 113 cm³/mol. The SMILES string of the molecule is Cn1ncc2c(=O)n(CCC(=O)N3CCc4sccc4[C@@H]3c3cccs3)cnc21. The van der Waals surface area contributed by atoms with Gasteiger partial charge < -0.3 is 4.90 Å². The van der Waals surface area contributed by atoms with Crippen LogP contribution < -0.4 is 5.56 Å². The van der Waals surface area contributed by atoms with E-state index in [1.165, 1.54) is 32.4 Å². The van der Waals surface area contributed by atoms with E-state index in [1.54, 1.807) is 34.4 Å². The molecular weight excluding hydrogens is 406 g/mol. The van der Waals surface area contributed by atoms with E-state index < -0.39 is 0 Å². The molecule has 0 radical (unpaired) electrons. The molecule has 1 amide bonds. The molecule has 0 unspecified atom stereocenters. The van der Waals surface area contributed by atoms with Crippen molar-refractivity contribution in [3.05, 3.63) is 67.2 Å². The largest absolute Gasteiger partial charge is 0.330 e. The fourth-order valence-corrected chi connectivity index (χ4v) is 5.68. The van der Waals surface area contributed by atoms with Gasteiger partial charge in [0, 0.05) is 36.3 Å². The summed E-state index contributed by atoms with van der Waals surface area (Å²) in [4.78, 5) is 34.6. The van der Waals surface area contributed by atoms with Crippen molar-refractivity contribution in [2.45, 2.75) is 25.4 Å². The van der Waals surface area contributed by atoms with E-state index in [9.17, 15) is 9.59 Å². The van der Waals surface area contributed by atoms with Crippen LogP contribution in [0.3, 0.4) is 0 Å². The van der Waals surface area contributed by atoms with Crippen LogP contribution in [0.1, 0.15) is 27.8 Å². The highest BCUT2D eigenvalue weighted by Gasteiger charge is 2.33. The molecule has 148 valence electrons. The molecular formula is C20H19N5O2S2. The van der Waals surface area contributed by atoms with Gasteiger partial charge in [-0.25, -0.2) is 4.98 Å². The van der Waals surface area contributed by atoms with Crippen molar-refractivity contribution < 1.29 is 4.79 Å². The highest BCUT2D eigenvalue weighted by Crippen LogP contribution is 2.39. The lowest BCUT2D eigenvalue weighted by molar-refractivity contribution is -0.133. The first-order chi connectivity index (χ1) is 14.1. The Kier molecular flexibility index (Phi) is 4.56. The molecule has 29 heavy (non-hydrogen) atoms. The highest BCUT2D eigenvalue weighted by atomic mass is 32.1. The molecule has 0 aliphatic carbocycles. The van der Waals surface area contributed by atoms with Crippen LogP contribution in [-0.2, 0) is 24.8 Å². The quantitative estimate of drug-likeness (QED) is 0.504. The normalized spacial score (nSPS) is 16.3. The summed E-state index contributed by atoms with van der Waals surface area (Å²) in [5.74, 6) is 0.0541. The van der Waals surface area contributed by atoms with Gasteiger partial charge in [0.2, 0.25) is 5.91 Å². The van der Waals surface area contributed by atoms with Gasteiger partial charge in [0.1, 0.15) is 5.39 Å². The first kappa shape index (κ1) is 18.3. The van der Waals surface area contributed by atoms with Crippen molar-refractivity contribution in [1.82, 2.24) is 24.2 Å². The second-order valence-electron chi connectivity index (χ2n) is 7.05. The number of carbonyl (C=O) groups is 1. The molecule has 1 aliphatic rings. The Morgan fingerprint density at radius 2 is 2.17 bits per heavy atom. The second-order valence-corrected chi connectivity index (χ2v) is 9.03. The summed E-state index contributed by atoms with van der Waals surface area (Å²) >= 11 is 3.43. The summed E-state index contributed by atoms with van der Waals surface area (Å²) in [5, 5.41) is 8.71. The molecule has 5 heterocycles. The van der Waals surface area contributed by atoms with Crippen LogP contribution in [0.4, 0.5) is 0 Å². The third kappa shape index (κ3) is 3.10. The predicted octanol–water partition coefficient (Wildman–Crippen LogP) is 2.82. The van der Waals surface area contributed by atoms with Gasteiger partial charge in [0.25, 0.3) is 5.56 Å². The van der Waals surface area contributed by atoms with Crippen LogP contribution in [0.25, 0.3) is 11.0 Å². The lowest BCUT2D eigenvalue weighted by Crippen LogP contribution is -2.40. The van der Waals surface area contributed by atoms with Crippen molar-refractivity contribution in [2.75, 3.05) is 6.54 Å². The smallest absolute Gasteiger partial charge is 0.264 e. The number of hydrogen-bond donors (Lipinski definition) is 0. The fraction of sp³-hybridized carbons (Fsp3) is 0.300. The molecule has 0 saturated carbocycles. The fourth-order valence-electron chi connectivity index (χ4n) is 3.92. The maximum atomic E-state index is 13.2. The molecule has 4 aromatic heterocycles. The van der Waals surface area contributed by atoms with Gasteiger partial charge in [-0.3, -0.25) is 18.8 Å². The molecule has 7 nitrogen and oxygen atoms in total. The number of thiophene rings is 2. The topological polar surface area (TPSA) is 73.0 Å². The molecule has 1 aliphatic heterocycles. The summed E-state index contributed by atoms with van der Waals surface area (Å²) in [5.41, 5.74) is 1.62. The minimum absolute atomic E-state index is 0.0341. The van der Waals surface area contributed by atoms with Gasteiger partial charge in [-0.15, -0.1) is 22.7 Å². The summed E-state index contributed by atoms with van der Waals surface area (Å²) in [7, 11) is 1.75. The lowest BCUT2D eigenvalue weighted by atomic mass is 9.98. The second kappa shape index (κ2) is 7.23. The van der Waals surface area contributed by atoms with Gasteiger partial charge in [-0.1, -0.05) is 6.07 Å². The zero-order valence-corrected chi connectivity index (χ0v) is 17.4. The summed E-state index contributed by atoms with van der Waals surface area (Å²) in [6.45, 7) is 1.00. The number of nitrogens with zero attached hydrogens (tertiary/aromatic N) is 5. The summed E-state index contributed by atoms with van der Waals surface area (Å²) in [6.07, 6.45) is 4.17.